The summed E-state index contributed by atoms with van der Waals surface area (Å²) in [6.07, 6.45) is 4.81. The summed E-state index contributed by atoms with van der Waals surface area (Å²) >= 11 is 2.06. The van der Waals surface area contributed by atoms with Gasteiger partial charge >= 0.3 is 0 Å². The highest BCUT2D eigenvalue weighted by atomic mass is 32.1. The van der Waals surface area contributed by atoms with E-state index in [0.717, 1.165) is 23.3 Å². The van der Waals surface area contributed by atoms with Crippen LogP contribution in [0.1, 0.15) is 124 Å². The lowest BCUT2D eigenvalue weighted by molar-refractivity contribution is 0.195. The zero-order valence-electron chi connectivity index (χ0n) is 44.1. The minimum atomic E-state index is -1.80. The second-order valence-electron chi connectivity index (χ2n) is 25.8. The summed E-state index contributed by atoms with van der Waals surface area (Å²) in [5, 5.41) is 2.36. The van der Waals surface area contributed by atoms with Gasteiger partial charge in [0, 0.05) is 60.8 Å². The molecule has 2 aromatic heterocycles. The summed E-state index contributed by atoms with van der Waals surface area (Å²) in [6, 6.07) is 47.8. The first-order chi connectivity index (χ1) is 33.0. The molecule has 7 heteroatoms. The number of anilines is 8. The molecule has 5 heterocycles. The molecule has 4 aliphatic rings. The van der Waals surface area contributed by atoms with E-state index in [2.05, 4.69) is 243 Å². The van der Waals surface area contributed by atoms with Gasteiger partial charge in [-0.1, -0.05) is 156 Å². The molecule has 3 aliphatic heterocycles. The number of nitrogens with zero attached hydrogens (tertiary/aromatic N) is 3. The van der Waals surface area contributed by atoms with E-state index in [-0.39, 0.29) is 33.9 Å². The van der Waals surface area contributed by atoms with Gasteiger partial charge in [0.2, 0.25) is 0 Å². The highest BCUT2D eigenvalue weighted by Gasteiger charge is 2.58. The van der Waals surface area contributed by atoms with Crippen molar-refractivity contribution in [1.82, 2.24) is 0 Å². The van der Waals surface area contributed by atoms with Crippen molar-refractivity contribution >= 4 is 114 Å². The zero-order chi connectivity index (χ0) is 49.2. The van der Waals surface area contributed by atoms with E-state index in [1.165, 1.54) is 112 Å². The smallest absolute Gasteiger partial charge is 0.269 e. The fourth-order valence-electron chi connectivity index (χ4n) is 12.9. The number of hydrogen-bond acceptors (Lipinski definition) is 5. The summed E-state index contributed by atoms with van der Waals surface area (Å²) in [5.41, 5.74) is 19.9. The van der Waals surface area contributed by atoms with Crippen LogP contribution in [0.15, 0.2) is 126 Å². The third-order valence-corrected chi connectivity index (χ3v) is 21.9. The van der Waals surface area contributed by atoms with Gasteiger partial charge in [-0.25, -0.2) is 0 Å². The van der Waals surface area contributed by atoms with Crippen LogP contribution in [0, 0.1) is 0 Å². The molecule has 0 bridgehead atoms. The van der Waals surface area contributed by atoms with E-state index in [1.54, 1.807) is 0 Å². The molecule has 0 saturated heterocycles. The van der Waals surface area contributed by atoms with Gasteiger partial charge in [0.15, 0.2) is 0 Å². The van der Waals surface area contributed by atoms with E-state index in [9.17, 15) is 0 Å². The van der Waals surface area contributed by atoms with E-state index in [4.69, 9.17) is 4.42 Å². The Morgan fingerprint density at radius 1 is 0.543 bits per heavy atom. The Labute approximate surface area is 422 Å². The van der Waals surface area contributed by atoms with Crippen LogP contribution in [0.2, 0.25) is 19.6 Å². The average molecular weight is 956 g/mol. The lowest BCUT2D eigenvalue weighted by atomic mass is 9.36. The number of furan rings is 1. The highest BCUT2D eigenvalue weighted by molar-refractivity contribution is 7.37. The number of para-hydroxylation sites is 1. The summed E-state index contributed by atoms with van der Waals surface area (Å²) in [6.45, 7) is 33.4. The Kier molecular flexibility index (Phi) is 9.79. The Hall–Kier alpha value is -5.50. The third-order valence-electron chi connectivity index (χ3n) is 17.2. The quantitative estimate of drug-likeness (QED) is 0.164. The number of thiophene rings is 1. The van der Waals surface area contributed by atoms with Crippen LogP contribution < -0.4 is 34.9 Å². The Bertz CT molecular complexity index is 3430. The van der Waals surface area contributed by atoms with Crippen LogP contribution in [0.4, 0.5) is 45.5 Å². The molecule has 4 nitrogen and oxygen atoms in total. The zero-order valence-corrected chi connectivity index (χ0v) is 45.9. The molecular weight excluding hydrogens is 886 g/mol. The van der Waals surface area contributed by atoms with Crippen LogP contribution in [0.3, 0.4) is 0 Å². The summed E-state index contributed by atoms with van der Waals surface area (Å²) in [4.78, 5) is 8.05. The molecule has 356 valence electrons. The topological polar surface area (TPSA) is 22.9 Å². The van der Waals surface area contributed by atoms with Crippen molar-refractivity contribution in [1.29, 1.82) is 0 Å². The first kappa shape index (κ1) is 45.6. The SMILES string of the molecule is CC(C)(C)c1ccc(N2c3cc([Si](C)(C)C)sc3B3c4c2cc(N2c5ccccc5C5(C)CCCCC25C)cc4N(c2ccc(C(C)(C)C)cc2)c2ccc4c(oc5cc(C(C)(C)C)ccc54)c23)cc1. The molecule has 1 aliphatic carbocycles. The van der Waals surface area contributed by atoms with E-state index in [0.29, 0.717) is 0 Å². The van der Waals surface area contributed by atoms with Crippen molar-refractivity contribution < 1.29 is 4.42 Å². The number of fused-ring (bicyclic) bond motifs is 11. The summed E-state index contributed by atoms with van der Waals surface area (Å²) < 4.78 is 10.3. The summed E-state index contributed by atoms with van der Waals surface area (Å²) in [5.74, 6) is 0. The van der Waals surface area contributed by atoms with E-state index in [1.807, 2.05) is 0 Å². The van der Waals surface area contributed by atoms with Gasteiger partial charge in [-0.3, -0.25) is 0 Å². The fraction of sp³-hybridized carbons (Fsp3) is 0.365. The second kappa shape index (κ2) is 15.0. The van der Waals surface area contributed by atoms with Gasteiger partial charge in [0.25, 0.3) is 6.71 Å². The maximum atomic E-state index is 7.38. The fourth-order valence-corrected chi connectivity index (χ4v) is 16.0. The van der Waals surface area contributed by atoms with Gasteiger partial charge in [0.1, 0.15) is 11.2 Å². The second-order valence-corrected chi connectivity index (χ2v) is 32.3. The molecule has 0 spiro atoms. The average Bonchev–Trinajstić information content (AvgIpc) is 3.97. The Balaban J connectivity index is 1.22. The van der Waals surface area contributed by atoms with Crippen molar-refractivity contribution in [3.8, 4) is 0 Å². The molecule has 0 radical (unpaired) electrons. The molecule has 1 saturated carbocycles. The highest BCUT2D eigenvalue weighted by Crippen LogP contribution is 2.62. The van der Waals surface area contributed by atoms with Crippen molar-refractivity contribution in [2.24, 2.45) is 0 Å². The van der Waals surface area contributed by atoms with Gasteiger partial charge in [-0.15, -0.1) is 0 Å². The first-order valence-corrected chi connectivity index (χ1v) is 30.3. The Morgan fingerprint density at radius 3 is 1.70 bits per heavy atom. The minimum Gasteiger partial charge on any atom is -0.457 e. The molecule has 70 heavy (non-hydrogen) atoms. The third kappa shape index (κ3) is 6.58. The van der Waals surface area contributed by atoms with Gasteiger partial charge < -0.3 is 19.1 Å². The van der Waals surface area contributed by atoms with E-state index < -0.39 is 8.07 Å². The maximum absolute atomic E-state index is 7.38. The lowest BCUT2D eigenvalue weighted by Gasteiger charge is -2.51. The molecule has 0 amide bonds. The standard InChI is InChI=1S/C63H70BN3OSSi/c1-59(2,3)39-21-26-42(27-22-39)65-49-32-31-46-45-30-25-41(61(7,8)9)35-53(45)68-57(46)56(49)64-55-50(65)36-44(67-48-20-16-15-19-47(48)62(10)33-17-18-34-63(62,67)11)37-51(55)66(43-28-23-40(24-29-43)60(4,5)6)52-38-54(69-58(52)64)70(12,13)14/h15-16,19-32,35-38H,17-18,33-34H2,1-14H3. The molecule has 1 fully saturated rings. The van der Waals surface area contributed by atoms with Crippen LogP contribution in [0.5, 0.6) is 0 Å². The predicted molar refractivity (Wildman–Crippen MR) is 308 cm³/mol. The first-order valence-electron chi connectivity index (χ1n) is 26.0. The molecule has 8 aromatic rings. The van der Waals surface area contributed by atoms with Gasteiger partial charge in [0.05, 0.1) is 19.3 Å². The lowest BCUT2D eigenvalue weighted by Crippen LogP contribution is -2.61. The predicted octanol–water partition coefficient (Wildman–Crippen LogP) is 15.9. The monoisotopic (exact) mass is 956 g/mol. The number of benzene rings is 6. The van der Waals surface area contributed by atoms with Crippen LogP contribution in [-0.4, -0.2) is 20.3 Å². The maximum Gasteiger partial charge on any atom is 0.269 e. The molecule has 6 aromatic carbocycles. The molecular formula is C63H70BN3OSSi. The van der Waals surface area contributed by atoms with Gasteiger partial charge in [-0.2, -0.15) is 11.3 Å². The van der Waals surface area contributed by atoms with E-state index >= 15 is 0 Å². The molecule has 2 unspecified atom stereocenters. The molecule has 12 rings (SSSR count). The molecule has 0 N–H and O–H groups in total. The number of rotatable bonds is 4. The normalized spacial score (nSPS) is 19.9. The summed E-state index contributed by atoms with van der Waals surface area (Å²) in [7, 11) is -1.80. The largest absolute Gasteiger partial charge is 0.457 e. The van der Waals surface area contributed by atoms with Crippen LogP contribution in [0.25, 0.3) is 21.9 Å². The van der Waals surface area contributed by atoms with Crippen molar-refractivity contribution in [3.63, 3.8) is 0 Å². The number of hydrogen-bond donors (Lipinski definition) is 0. The van der Waals surface area contributed by atoms with Crippen molar-refractivity contribution in [2.45, 2.75) is 149 Å². The minimum absolute atomic E-state index is 0.00677. The van der Waals surface area contributed by atoms with Crippen molar-refractivity contribution in [2.75, 3.05) is 14.7 Å². The Morgan fingerprint density at radius 2 is 1.10 bits per heavy atom. The molecule has 2 atom stereocenters. The van der Waals surface area contributed by atoms with Crippen LogP contribution >= 0.6 is 11.3 Å². The van der Waals surface area contributed by atoms with Crippen molar-refractivity contribution in [3.05, 3.63) is 144 Å². The van der Waals surface area contributed by atoms with Crippen LogP contribution in [-0.2, 0) is 21.7 Å². The van der Waals surface area contributed by atoms with Gasteiger partial charge in [-0.05, 0) is 140 Å².